The Kier molecular flexibility index (Phi) is 7.43. The number of esters is 2. The van der Waals surface area contributed by atoms with Crippen molar-refractivity contribution in [3.8, 4) is 11.5 Å². The predicted molar refractivity (Wildman–Crippen MR) is 103 cm³/mol. The monoisotopic (exact) mass is 390 g/mol. The topological polar surface area (TPSA) is 85.4 Å². The lowest BCUT2D eigenvalue weighted by atomic mass is 9.97. The molecule has 0 radical (unpaired) electrons. The van der Waals surface area contributed by atoms with Crippen LogP contribution in [0.3, 0.4) is 0 Å². The molecule has 0 saturated carbocycles. The Morgan fingerprint density at radius 1 is 1.11 bits per heavy atom. The van der Waals surface area contributed by atoms with Crippen LogP contribution in [-0.4, -0.2) is 69.2 Å². The molecule has 2 rings (SSSR count). The van der Waals surface area contributed by atoms with Gasteiger partial charge in [0.15, 0.2) is 11.5 Å². The molecule has 1 heterocycles. The maximum atomic E-state index is 12.5. The maximum Gasteiger partial charge on any atom is 0.330 e. The van der Waals surface area contributed by atoms with Gasteiger partial charge in [-0.2, -0.15) is 0 Å². The molecule has 0 N–H and O–H groups in total. The first kappa shape index (κ1) is 21.3. The summed E-state index contributed by atoms with van der Waals surface area (Å²) in [5, 5.41) is 0. The van der Waals surface area contributed by atoms with Crippen molar-refractivity contribution in [1.29, 1.82) is 0 Å². The Labute approximate surface area is 164 Å². The molecular formula is C20H26N2O6. The van der Waals surface area contributed by atoms with Crippen LogP contribution in [0.25, 0.3) is 6.08 Å². The summed E-state index contributed by atoms with van der Waals surface area (Å²) >= 11 is 0. The molecule has 1 aromatic rings. The highest BCUT2D eigenvalue weighted by atomic mass is 16.6. The van der Waals surface area contributed by atoms with E-state index in [9.17, 15) is 14.4 Å². The van der Waals surface area contributed by atoms with E-state index in [4.69, 9.17) is 9.47 Å². The van der Waals surface area contributed by atoms with Crippen molar-refractivity contribution in [3.63, 3.8) is 0 Å². The zero-order chi connectivity index (χ0) is 20.7. The van der Waals surface area contributed by atoms with Gasteiger partial charge in [-0.25, -0.2) is 9.59 Å². The maximum absolute atomic E-state index is 12.5. The number of benzene rings is 1. The Morgan fingerprint density at radius 2 is 1.79 bits per heavy atom. The number of hydrogen-bond donors (Lipinski definition) is 0. The van der Waals surface area contributed by atoms with Crippen molar-refractivity contribution in [2.24, 2.45) is 5.92 Å². The third kappa shape index (κ3) is 5.48. The van der Waals surface area contributed by atoms with Crippen LogP contribution < -0.4 is 9.47 Å². The van der Waals surface area contributed by atoms with Crippen molar-refractivity contribution in [2.75, 3.05) is 41.4 Å². The van der Waals surface area contributed by atoms with Crippen LogP contribution in [0, 0.1) is 5.92 Å². The summed E-state index contributed by atoms with van der Waals surface area (Å²) in [4.78, 5) is 38.9. The molecular weight excluding hydrogens is 364 g/mol. The van der Waals surface area contributed by atoms with Crippen LogP contribution in [-0.2, 0) is 14.3 Å². The van der Waals surface area contributed by atoms with E-state index in [-0.39, 0.29) is 17.9 Å². The Morgan fingerprint density at radius 3 is 2.36 bits per heavy atom. The van der Waals surface area contributed by atoms with Gasteiger partial charge in [-0.3, -0.25) is 4.79 Å². The van der Waals surface area contributed by atoms with Crippen molar-refractivity contribution >= 4 is 24.0 Å². The molecule has 0 unspecified atom stereocenters. The molecule has 2 amide bonds. The number of urea groups is 1. The van der Waals surface area contributed by atoms with Gasteiger partial charge in [-0.1, -0.05) is 6.07 Å². The van der Waals surface area contributed by atoms with Gasteiger partial charge in [0, 0.05) is 33.3 Å². The molecule has 0 atom stereocenters. The third-order valence-electron chi connectivity index (χ3n) is 4.49. The first-order valence-corrected chi connectivity index (χ1v) is 8.97. The van der Waals surface area contributed by atoms with E-state index in [2.05, 4.69) is 4.74 Å². The molecule has 0 aliphatic carbocycles. The summed E-state index contributed by atoms with van der Waals surface area (Å²) in [6.07, 6.45) is 3.99. The van der Waals surface area contributed by atoms with E-state index < -0.39 is 5.97 Å². The lowest BCUT2D eigenvalue weighted by molar-refractivity contribution is -0.140. The fourth-order valence-corrected chi connectivity index (χ4v) is 2.89. The van der Waals surface area contributed by atoms with Crippen LogP contribution in [0.1, 0.15) is 18.4 Å². The predicted octanol–water partition coefficient (Wildman–Crippen LogP) is 2.18. The Balaban J connectivity index is 1.99. The molecule has 1 aliphatic heterocycles. The number of likely N-dealkylation sites (tertiary alicyclic amines) is 1. The highest BCUT2D eigenvalue weighted by molar-refractivity contribution is 5.87. The number of ether oxygens (including phenoxy) is 3. The molecule has 152 valence electrons. The van der Waals surface area contributed by atoms with E-state index in [0.717, 1.165) is 0 Å². The fraction of sp³-hybridized carbons (Fsp3) is 0.450. The minimum absolute atomic E-state index is 0.0518. The molecule has 1 aliphatic rings. The highest BCUT2D eigenvalue weighted by Gasteiger charge is 2.29. The van der Waals surface area contributed by atoms with Gasteiger partial charge >= 0.3 is 18.0 Å². The summed E-state index contributed by atoms with van der Waals surface area (Å²) in [7, 11) is 6.19. The Bertz CT molecular complexity index is 751. The molecule has 28 heavy (non-hydrogen) atoms. The second-order valence-electron chi connectivity index (χ2n) is 6.63. The molecule has 1 fully saturated rings. The number of amides is 2. The molecule has 0 spiro atoms. The SMILES string of the molecule is COC(=O)C=Cc1ccc(OC(=O)C2CCN(C(=O)N(C)C)CC2)c(OC)c1. The largest absolute Gasteiger partial charge is 0.493 e. The number of carbonyl (C=O) groups excluding carboxylic acids is 3. The minimum atomic E-state index is -0.464. The van der Waals surface area contributed by atoms with Crippen molar-refractivity contribution < 1.29 is 28.6 Å². The first-order valence-electron chi connectivity index (χ1n) is 8.97. The van der Waals surface area contributed by atoms with E-state index in [0.29, 0.717) is 43.0 Å². The molecule has 0 bridgehead atoms. The quantitative estimate of drug-likeness (QED) is 0.435. The lowest BCUT2D eigenvalue weighted by Crippen LogP contribution is -2.45. The zero-order valence-corrected chi connectivity index (χ0v) is 16.6. The van der Waals surface area contributed by atoms with Gasteiger partial charge in [0.05, 0.1) is 20.1 Å². The standard InChI is InChI=1S/C20H26N2O6/c1-21(2)20(25)22-11-9-15(10-12-22)19(24)28-16-7-5-14(13-17(16)26-3)6-8-18(23)27-4/h5-8,13,15H,9-12H2,1-4H3. The summed E-state index contributed by atoms with van der Waals surface area (Å²) in [5.41, 5.74) is 0.706. The number of carbonyl (C=O) groups is 3. The highest BCUT2D eigenvalue weighted by Crippen LogP contribution is 2.30. The number of methoxy groups -OCH3 is 2. The summed E-state index contributed by atoms with van der Waals surface area (Å²) in [5.74, 6) is -0.369. The number of piperidine rings is 1. The van der Waals surface area contributed by atoms with Crippen LogP contribution in [0.2, 0.25) is 0 Å². The van der Waals surface area contributed by atoms with Crippen molar-refractivity contribution in [1.82, 2.24) is 9.80 Å². The number of rotatable bonds is 5. The fourth-order valence-electron chi connectivity index (χ4n) is 2.89. The number of nitrogens with zero attached hydrogens (tertiary/aromatic N) is 2. The zero-order valence-electron chi connectivity index (χ0n) is 16.6. The van der Waals surface area contributed by atoms with E-state index >= 15 is 0 Å². The summed E-state index contributed by atoms with van der Waals surface area (Å²) < 4.78 is 15.4. The second-order valence-corrected chi connectivity index (χ2v) is 6.63. The van der Waals surface area contributed by atoms with Gasteiger partial charge in [0.1, 0.15) is 0 Å². The summed E-state index contributed by atoms with van der Waals surface area (Å²) in [6.45, 7) is 1.04. The van der Waals surface area contributed by atoms with Crippen LogP contribution in [0.5, 0.6) is 11.5 Å². The van der Waals surface area contributed by atoms with Crippen molar-refractivity contribution in [2.45, 2.75) is 12.8 Å². The molecule has 1 aromatic carbocycles. The van der Waals surface area contributed by atoms with Crippen molar-refractivity contribution in [3.05, 3.63) is 29.8 Å². The molecule has 8 heteroatoms. The van der Waals surface area contributed by atoms with E-state index in [1.54, 1.807) is 43.3 Å². The van der Waals surface area contributed by atoms with Gasteiger partial charge in [-0.15, -0.1) is 0 Å². The second kappa shape index (κ2) is 9.77. The number of hydrogen-bond acceptors (Lipinski definition) is 6. The van der Waals surface area contributed by atoms with Crippen LogP contribution >= 0.6 is 0 Å². The molecule has 1 saturated heterocycles. The smallest absolute Gasteiger partial charge is 0.330 e. The van der Waals surface area contributed by atoms with E-state index in [1.165, 1.54) is 25.2 Å². The van der Waals surface area contributed by atoms with Crippen LogP contribution in [0.15, 0.2) is 24.3 Å². The van der Waals surface area contributed by atoms with Gasteiger partial charge in [0.2, 0.25) is 0 Å². The Hall–Kier alpha value is -3.03. The van der Waals surface area contributed by atoms with Gasteiger partial charge in [-0.05, 0) is 36.6 Å². The minimum Gasteiger partial charge on any atom is -0.493 e. The lowest BCUT2D eigenvalue weighted by Gasteiger charge is -2.32. The first-order chi connectivity index (χ1) is 13.3. The molecule has 0 aromatic heterocycles. The third-order valence-corrected chi connectivity index (χ3v) is 4.49. The normalized spacial score (nSPS) is 14.6. The van der Waals surface area contributed by atoms with Crippen LogP contribution in [0.4, 0.5) is 4.79 Å². The van der Waals surface area contributed by atoms with E-state index in [1.807, 2.05) is 0 Å². The van der Waals surface area contributed by atoms with Gasteiger partial charge < -0.3 is 24.0 Å². The van der Waals surface area contributed by atoms with Gasteiger partial charge in [0.25, 0.3) is 0 Å². The average molecular weight is 390 g/mol. The molecule has 8 nitrogen and oxygen atoms in total. The summed E-state index contributed by atoms with van der Waals surface area (Å²) in [6, 6.07) is 4.95. The average Bonchev–Trinajstić information content (AvgIpc) is 2.71.